The fraction of sp³-hybridized carbons (Fsp3) is 0.909. The van der Waals surface area contributed by atoms with Gasteiger partial charge in [0, 0.05) is 19.5 Å². The molecule has 0 saturated carbocycles. The summed E-state index contributed by atoms with van der Waals surface area (Å²) in [5.41, 5.74) is 0. The third-order valence-electron chi connectivity index (χ3n) is 2.11. The first kappa shape index (κ1) is 14.4. The second kappa shape index (κ2) is 7.65. The van der Waals surface area contributed by atoms with E-state index in [4.69, 9.17) is 0 Å². The zero-order chi connectivity index (χ0) is 11.8. The normalized spacial score (nSPS) is 13.3. The van der Waals surface area contributed by atoms with Gasteiger partial charge in [0.25, 0.3) is 0 Å². The van der Waals surface area contributed by atoms with Crippen LogP contribution < -0.4 is 0 Å². The van der Waals surface area contributed by atoms with Gasteiger partial charge in [-0.2, -0.15) is 0 Å². The van der Waals surface area contributed by atoms with Crippen molar-refractivity contribution in [3.05, 3.63) is 0 Å². The first-order valence-corrected chi connectivity index (χ1v) is 5.39. The topological polar surface area (TPSA) is 49.8 Å². The molecule has 4 nitrogen and oxygen atoms in total. The number of rotatable bonds is 7. The average molecular weight is 217 g/mol. The summed E-state index contributed by atoms with van der Waals surface area (Å²) in [5, 5.41) is 9.63. The number of carbonyl (C=O) groups excluding carboxylic acids is 1. The van der Waals surface area contributed by atoms with Gasteiger partial charge in [0.1, 0.15) is 0 Å². The van der Waals surface area contributed by atoms with Crippen molar-refractivity contribution in [3.8, 4) is 0 Å². The molecule has 1 atom stereocenters. The second-order valence-electron chi connectivity index (χ2n) is 4.38. The lowest BCUT2D eigenvalue weighted by Gasteiger charge is -2.21. The largest absolute Gasteiger partial charge is 0.469 e. The Morgan fingerprint density at radius 1 is 1.40 bits per heavy atom. The van der Waals surface area contributed by atoms with Crippen LogP contribution in [0.3, 0.4) is 0 Å². The predicted octanol–water partition coefficient (Wildman–Crippen LogP) is 0.888. The van der Waals surface area contributed by atoms with Crippen LogP contribution in [0.15, 0.2) is 0 Å². The molecule has 0 aromatic carbocycles. The highest BCUT2D eigenvalue weighted by Crippen LogP contribution is 2.02. The molecule has 0 aliphatic carbocycles. The summed E-state index contributed by atoms with van der Waals surface area (Å²) in [6.45, 7) is 5.83. The molecule has 1 N–H and O–H groups in total. The Kier molecular flexibility index (Phi) is 7.34. The number of hydrogen-bond donors (Lipinski definition) is 1. The van der Waals surface area contributed by atoms with Crippen molar-refractivity contribution in [2.75, 3.05) is 27.2 Å². The van der Waals surface area contributed by atoms with Crippen LogP contribution in [-0.2, 0) is 9.53 Å². The van der Waals surface area contributed by atoms with E-state index in [1.807, 2.05) is 7.05 Å². The van der Waals surface area contributed by atoms with Crippen molar-refractivity contribution < 1.29 is 14.6 Å². The Morgan fingerprint density at radius 2 is 2.00 bits per heavy atom. The Labute approximate surface area is 92.2 Å². The minimum atomic E-state index is -0.451. The maximum atomic E-state index is 10.8. The van der Waals surface area contributed by atoms with E-state index in [1.54, 1.807) is 0 Å². The number of ether oxygens (including phenoxy) is 1. The van der Waals surface area contributed by atoms with E-state index in [1.165, 1.54) is 7.11 Å². The minimum Gasteiger partial charge on any atom is -0.469 e. The molecule has 0 spiro atoms. The van der Waals surface area contributed by atoms with Gasteiger partial charge in [-0.15, -0.1) is 0 Å². The lowest BCUT2D eigenvalue weighted by molar-refractivity contribution is -0.141. The Bertz CT molecular complexity index is 183. The third-order valence-corrected chi connectivity index (χ3v) is 2.11. The van der Waals surface area contributed by atoms with E-state index in [9.17, 15) is 9.90 Å². The lowest BCUT2D eigenvalue weighted by Crippen LogP contribution is -2.32. The van der Waals surface area contributed by atoms with Crippen LogP contribution in [0.2, 0.25) is 0 Å². The Balaban J connectivity index is 3.63. The molecule has 0 saturated heterocycles. The minimum absolute atomic E-state index is 0.263. The van der Waals surface area contributed by atoms with Crippen molar-refractivity contribution in [3.63, 3.8) is 0 Å². The molecule has 0 aromatic heterocycles. The molecule has 90 valence electrons. The van der Waals surface area contributed by atoms with Crippen molar-refractivity contribution in [2.45, 2.75) is 32.8 Å². The molecule has 0 radical (unpaired) electrons. The summed E-state index contributed by atoms with van der Waals surface area (Å²) in [7, 11) is 3.33. The molecule has 0 rings (SSSR count). The maximum absolute atomic E-state index is 10.8. The Morgan fingerprint density at radius 3 is 2.47 bits per heavy atom. The first-order valence-electron chi connectivity index (χ1n) is 5.39. The quantitative estimate of drug-likeness (QED) is 0.643. The highest BCUT2D eigenvalue weighted by Gasteiger charge is 2.11. The lowest BCUT2D eigenvalue weighted by atomic mass is 10.1. The smallest absolute Gasteiger partial charge is 0.305 e. The SMILES string of the molecule is COC(=O)CCC(O)CN(C)CC(C)C. The summed E-state index contributed by atoms with van der Waals surface area (Å²) in [6.07, 6.45) is 0.301. The van der Waals surface area contributed by atoms with Crippen molar-refractivity contribution in [2.24, 2.45) is 5.92 Å². The maximum Gasteiger partial charge on any atom is 0.305 e. The third kappa shape index (κ3) is 8.39. The fourth-order valence-corrected chi connectivity index (χ4v) is 1.54. The van der Waals surface area contributed by atoms with Gasteiger partial charge in [0.2, 0.25) is 0 Å². The highest BCUT2D eigenvalue weighted by molar-refractivity contribution is 5.69. The number of aliphatic hydroxyl groups is 1. The molecule has 1 unspecified atom stereocenters. The molecule has 4 heteroatoms. The predicted molar refractivity (Wildman–Crippen MR) is 59.6 cm³/mol. The van der Waals surface area contributed by atoms with Crippen LogP contribution >= 0.6 is 0 Å². The molecule has 0 aliphatic rings. The number of hydrogen-bond acceptors (Lipinski definition) is 4. The molecule has 0 fully saturated rings. The van der Waals surface area contributed by atoms with Crippen molar-refractivity contribution >= 4 is 5.97 Å². The van der Waals surface area contributed by atoms with Crippen molar-refractivity contribution in [1.82, 2.24) is 4.90 Å². The van der Waals surface area contributed by atoms with E-state index in [-0.39, 0.29) is 12.4 Å². The molecule has 15 heavy (non-hydrogen) atoms. The summed E-state index contributed by atoms with van der Waals surface area (Å²) in [6, 6.07) is 0. The summed E-state index contributed by atoms with van der Waals surface area (Å²) < 4.78 is 4.51. The van der Waals surface area contributed by atoms with Gasteiger partial charge in [0.15, 0.2) is 0 Å². The van der Waals surface area contributed by atoms with Gasteiger partial charge in [0.05, 0.1) is 13.2 Å². The van der Waals surface area contributed by atoms with Gasteiger partial charge in [-0.25, -0.2) is 0 Å². The summed E-state index contributed by atoms with van der Waals surface area (Å²) in [4.78, 5) is 12.9. The molecular weight excluding hydrogens is 194 g/mol. The van der Waals surface area contributed by atoms with E-state index < -0.39 is 6.10 Å². The van der Waals surface area contributed by atoms with Crippen LogP contribution in [0.5, 0.6) is 0 Å². The van der Waals surface area contributed by atoms with Gasteiger partial charge in [-0.1, -0.05) is 13.8 Å². The highest BCUT2D eigenvalue weighted by atomic mass is 16.5. The monoisotopic (exact) mass is 217 g/mol. The van der Waals surface area contributed by atoms with E-state index in [2.05, 4.69) is 23.5 Å². The molecule has 0 aliphatic heterocycles. The molecule has 0 heterocycles. The van der Waals surface area contributed by atoms with Crippen LogP contribution in [0.1, 0.15) is 26.7 Å². The van der Waals surface area contributed by atoms with Crippen LogP contribution in [0, 0.1) is 5.92 Å². The van der Waals surface area contributed by atoms with Gasteiger partial charge in [-0.05, 0) is 19.4 Å². The molecular formula is C11H23NO3. The van der Waals surface area contributed by atoms with E-state index in [0.29, 0.717) is 18.9 Å². The van der Waals surface area contributed by atoms with E-state index in [0.717, 1.165) is 6.54 Å². The van der Waals surface area contributed by atoms with Gasteiger partial charge >= 0.3 is 5.97 Å². The summed E-state index contributed by atoms with van der Waals surface area (Å²) in [5.74, 6) is 0.323. The zero-order valence-electron chi connectivity index (χ0n) is 10.2. The number of methoxy groups -OCH3 is 1. The van der Waals surface area contributed by atoms with E-state index >= 15 is 0 Å². The van der Waals surface area contributed by atoms with Gasteiger partial charge in [-0.3, -0.25) is 4.79 Å². The van der Waals surface area contributed by atoms with Gasteiger partial charge < -0.3 is 14.7 Å². The summed E-state index contributed by atoms with van der Waals surface area (Å²) >= 11 is 0. The van der Waals surface area contributed by atoms with Crippen LogP contribution in [0.4, 0.5) is 0 Å². The standard InChI is InChI=1S/C11H23NO3/c1-9(2)7-12(3)8-10(13)5-6-11(14)15-4/h9-10,13H,5-8H2,1-4H3. The molecule has 0 bridgehead atoms. The average Bonchev–Trinajstić information content (AvgIpc) is 2.12. The number of likely N-dealkylation sites (N-methyl/N-ethyl adjacent to an activating group) is 1. The van der Waals surface area contributed by atoms with Crippen molar-refractivity contribution in [1.29, 1.82) is 0 Å². The first-order chi connectivity index (χ1) is 6.95. The number of nitrogens with zero attached hydrogens (tertiary/aromatic N) is 1. The number of carbonyl (C=O) groups is 1. The number of esters is 1. The Hall–Kier alpha value is -0.610. The molecule has 0 amide bonds. The fourth-order valence-electron chi connectivity index (χ4n) is 1.54. The number of aliphatic hydroxyl groups excluding tert-OH is 1. The zero-order valence-corrected chi connectivity index (χ0v) is 10.2. The van der Waals surface area contributed by atoms with Crippen LogP contribution in [-0.4, -0.2) is 49.3 Å². The molecule has 0 aromatic rings. The van der Waals surface area contributed by atoms with Crippen LogP contribution in [0.25, 0.3) is 0 Å². The second-order valence-corrected chi connectivity index (χ2v) is 4.38.